The van der Waals surface area contributed by atoms with Crippen LogP contribution in [0.4, 0.5) is 0 Å². The maximum Gasteiger partial charge on any atom is 0.342 e. The van der Waals surface area contributed by atoms with E-state index < -0.39 is 5.97 Å². The quantitative estimate of drug-likeness (QED) is 0.462. The molecule has 146 valence electrons. The van der Waals surface area contributed by atoms with Gasteiger partial charge in [0.15, 0.2) is 11.0 Å². The Morgan fingerprint density at radius 3 is 2.46 bits per heavy atom. The molecule has 0 aliphatic rings. The van der Waals surface area contributed by atoms with Gasteiger partial charge in [-0.15, -0.1) is 10.2 Å². The van der Waals surface area contributed by atoms with E-state index in [1.54, 1.807) is 18.2 Å². The average molecular weight is 417 g/mol. The smallest absolute Gasteiger partial charge is 0.342 e. The minimum atomic E-state index is -0.996. The van der Waals surface area contributed by atoms with Crippen LogP contribution in [0.3, 0.4) is 0 Å². The third-order valence-corrected chi connectivity index (χ3v) is 5.90. The van der Waals surface area contributed by atoms with Gasteiger partial charge in [0.1, 0.15) is 4.91 Å². The van der Waals surface area contributed by atoms with E-state index in [4.69, 9.17) is 11.6 Å². The van der Waals surface area contributed by atoms with Gasteiger partial charge in [0.2, 0.25) is 0 Å². The SMILES string of the molecule is CCn1c(S/C(=C\c2cc(C)n(C)c2C)C(=O)O)nnc1-c1ccc(Cl)cc1. The van der Waals surface area contributed by atoms with Gasteiger partial charge in [-0.1, -0.05) is 11.6 Å². The second-order valence-electron chi connectivity index (χ2n) is 6.36. The van der Waals surface area contributed by atoms with E-state index in [9.17, 15) is 9.90 Å². The summed E-state index contributed by atoms with van der Waals surface area (Å²) in [5, 5.41) is 19.4. The summed E-state index contributed by atoms with van der Waals surface area (Å²) in [6, 6.07) is 9.31. The second-order valence-corrected chi connectivity index (χ2v) is 7.80. The highest BCUT2D eigenvalue weighted by atomic mass is 35.5. The number of nitrogens with zero attached hydrogens (tertiary/aromatic N) is 4. The molecule has 0 amide bonds. The lowest BCUT2D eigenvalue weighted by atomic mass is 10.2. The molecule has 3 aromatic rings. The monoisotopic (exact) mass is 416 g/mol. The first-order valence-corrected chi connectivity index (χ1v) is 9.96. The fourth-order valence-electron chi connectivity index (χ4n) is 2.87. The number of aliphatic carboxylic acids is 1. The van der Waals surface area contributed by atoms with Crippen molar-refractivity contribution < 1.29 is 9.90 Å². The number of aromatic nitrogens is 4. The van der Waals surface area contributed by atoms with Crippen molar-refractivity contribution in [2.45, 2.75) is 32.5 Å². The minimum Gasteiger partial charge on any atom is -0.477 e. The normalized spacial score (nSPS) is 11.8. The van der Waals surface area contributed by atoms with Crippen LogP contribution in [0.1, 0.15) is 23.9 Å². The molecule has 0 atom stereocenters. The summed E-state index contributed by atoms with van der Waals surface area (Å²) in [4.78, 5) is 12.1. The number of aryl methyl sites for hydroxylation is 1. The lowest BCUT2D eigenvalue weighted by Gasteiger charge is -2.08. The Balaban J connectivity index is 1.98. The molecule has 0 aliphatic carbocycles. The van der Waals surface area contributed by atoms with Gasteiger partial charge in [-0.3, -0.25) is 0 Å². The molecular weight excluding hydrogens is 396 g/mol. The molecule has 1 aromatic carbocycles. The Labute approximate surface area is 172 Å². The Morgan fingerprint density at radius 2 is 1.93 bits per heavy atom. The van der Waals surface area contributed by atoms with Gasteiger partial charge in [0.05, 0.1) is 0 Å². The molecule has 0 fully saturated rings. The largest absolute Gasteiger partial charge is 0.477 e. The molecule has 2 aromatic heterocycles. The van der Waals surface area contributed by atoms with Gasteiger partial charge in [-0.05, 0) is 74.5 Å². The summed E-state index contributed by atoms with van der Waals surface area (Å²) in [6.45, 7) is 6.55. The molecule has 0 bridgehead atoms. The van der Waals surface area contributed by atoms with E-state index in [1.165, 1.54) is 0 Å². The minimum absolute atomic E-state index is 0.193. The molecule has 6 nitrogen and oxygen atoms in total. The van der Waals surface area contributed by atoms with Gasteiger partial charge in [-0.2, -0.15) is 0 Å². The first kappa shape index (κ1) is 20.2. The van der Waals surface area contributed by atoms with Crippen LogP contribution < -0.4 is 0 Å². The lowest BCUT2D eigenvalue weighted by molar-refractivity contribution is -0.131. The third-order valence-electron chi connectivity index (χ3n) is 4.65. The van der Waals surface area contributed by atoms with Crippen molar-refractivity contribution in [3.8, 4) is 11.4 Å². The van der Waals surface area contributed by atoms with E-state index in [0.29, 0.717) is 22.5 Å². The average Bonchev–Trinajstić information content (AvgIpc) is 3.18. The van der Waals surface area contributed by atoms with Gasteiger partial charge >= 0.3 is 5.97 Å². The molecule has 3 rings (SSSR count). The van der Waals surface area contributed by atoms with Crippen LogP contribution in [0.2, 0.25) is 5.02 Å². The molecule has 0 saturated carbocycles. The number of carboxylic acid groups (broad SMARTS) is 1. The molecule has 0 unspecified atom stereocenters. The van der Waals surface area contributed by atoms with Gasteiger partial charge in [0.25, 0.3) is 0 Å². The highest BCUT2D eigenvalue weighted by Crippen LogP contribution is 2.31. The first-order valence-electron chi connectivity index (χ1n) is 8.76. The van der Waals surface area contributed by atoms with E-state index in [0.717, 1.165) is 34.3 Å². The zero-order chi connectivity index (χ0) is 20.4. The summed E-state index contributed by atoms with van der Waals surface area (Å²) < 4.78 is 3.93. The summed E-state index contributed by atoms with van der Waals surface area (Å²) >= 11 is 7.06. The van der Waals surface area contributed by atoms with Crippen LogP contribution in [0.25, 0.3) is 17.5 Å². The molecule has 0 spiro atoms. The van der Waals surface area contributed by atoms with Gasteiger partial charge in [-0.25, -0.2) is 4.79 Å². The molecule has 2 heterocycles. The van der Waals surface area contributed by atoms with Crippen molar-refractivity contribution in [1.82, 2.24) is 19.3 Å². The van der Waals surface area contributed by atoms with Crippen molar-refractivity contribution >= 4 is 35.4 Å². The maximum absolute atomic E-state index is 11.9. The van der Waals surface area contributed by atoms with E-state index in [-0.39, 0.29) is 4.91 Å². The number of carbonyl (C=O) groups is 1. The van der Waals surface area contributed by atoms with Gasteiger partial charge < -0.3 is 14.2 Å². The van der Waals surface area contributed by atoms with Crippen LogP contribution in [-0.4, -0.2) is 30.4 Å². The van der Waals surface area contributed by atoms with Crippen LogP contribution in [0, 0.1) is 13.8 Å². The standard InChI is InChI=1S/C20H21ClN4O2S/c1-5-25-18(14-6-8-16(21)9-7-14)22-23-20(25)28-17(19(26)27)11-15-10-12(2)24(4)13(15)3/h6-11H,5H2,1-4H3,(H,26,27)/b17-11-. The molecular formula is C20H21ClN4O2S. The first-order chi connectivity index (χ1) is 13.3. The Bertz CT molecular complexity index is 1050. The Morgan fingerprint density at radius 1 is 1.25 bits per heavy atom. The summed E-state index contributed by atoms with van der Waals surface area (Å²) in [7, 11) is 1.96. The lowest BCUT2D eigenvalue weighted by Crippen LogP contribution is -2.03. The topological polar surface area (TPSA) is 72.9 Å². The summed E-state index contributed by atoms with van der Waals surface area (Å²) in [6.07, 6.45) is 1.69. The molecule has 0 aliphatic heterocycles. The number of carboxylic acids is 1. The molecule has 0 radical (unpaired) electrons. The number of rotatable bonds is 6. The van der Waals surface area contributed by atoms with Crippen molar-refractivity contribution in [2.75, 3.05) is 0 Å². The predicted molar refractivity (Wildman–Crippen MR) is 112 cm³/mol. The third kappa shape index (κ3) is 4.00. The van der Waals surface area contributed by atoms with Crippen LogP contribution in [0.15, 0.2) is 40.4 Å². The van der Waals surface area contributed by atoms with E-state index in [1.807, 2.05) is 55.2 Å². The fraction of sp³-hybridized carbons (Fsp3) is 0.250. The number of thioether (sulfide) groups is 1. The van der Waals surface area contributed by atoms with E-state index in [2.05, 4.69) is 10.2 Å². The van der Waals surface area contributed by atoms with Gasteiger partial charge in [0, 0.05) is 35.6 Å². The van der Waals surface area contributed by atoms with Crippen molar-refractivity contribution in [2.24, 2.45) is 7.05 Å². The van der Waals surface area contributed by atoms with E-state index >= 15 is 0 Å². The molecule has 28 heavy (non-hydrogen) atoms. The number of hydrogen-bond donors (Lipinski definition) is 1. The number of halogens is 1. The van der Waals surface area contributed by atoms with Crippen LogP contribution in [-0.2, 0) is 18.4 Å². The highest BCUT2D eigenvalue weighted by molar-refractivity contribution is 8.04. The summed E-state index contributed by atoms with van der Waals surface area (Å²) in [5.41, 5.74) is 3.84. The maximum atomic E-state index is 11.9. The van der Waals surface area contributed by atoms with Crippen molar-refractivity contribution in [3.05, 3.63) is 57.2 Å². The second kappa shape index (κ2) is 8.24. The summed E-state index contributed by atoms with van der Waals surface area (Å²) in [5.74, 6) is -0.317. The van der Waals surface area contributed by atoms with Crippen LogP contribution >= 0.6 is 23.4 Å². The molecule has 8 heteroatoms. The van der Waals surface area contributed by atoms with Crippen molar-refractivity contribution in [1.29, 1.82) is 0 Å². The highest BCUT2D eigenvalue weighted by Gasteiger charge is 2.19. The number of hydrogen-bond acceptors (Lipinski definition) is 4. The van der Waals surface area contributed by atoms with Crippen molar-refractivity contribution in [3.63, 3.8) is 0 Å². The zero-order valence-corrected chi connectivity index (χ0v) is 17.7. The predicted octanol–water partition coefficient (Wildman–Crippen LogP) is 4.79. The van der Waals surface area contributed by atoms with Crippen LogP contribution in [0.5, 0.6) is 0 Å². The molecule has 0 saturated heterocycles. The Hall–Kier alpha value is -2.51. The zero-order valence-electron chi connectivity index (χ0n) is 16.1. The fourth-order valence-corrected chi connectivity index (χ4v) is 3.87. The Kier molecular flexibility index (Phi) is 5.96. The number of benzene rings is 1. The molecule has 1 N–H and O–H groups in total.